The van der Waals surface area contributed by atoms with Crippen LogP contribution in [-0.2, 0) is 4.74 Å². The number of hydrogen-bond donors (Lipinski definition) is 1. The first-order valence-corrected chi connectivity index (χ1v) is 6.64. The molecule has 1 N–H and O–H groups in total. The Morgan fingerprint density at radius 3 is 3.22 bits per heavy atom. The second-order valence-corrected chi connectivity index (χ2v) is 4.72. The topological polar surface area (TPSA) is 50.3 Å². The van der Waals surface area contributed by atoms with Crippen molar-refractivity contribution >= 4 is 11.8 Å². The predicted octanol–water partition coefficient (Wildman–Crippen LogP) is 1.77. The van der Waals surface area contributed by atoms with Gasteiger partial charge in [-0.1, -0.05) is 6.92 Å². The number of aromatic nitrogens is 2. The SMILES string of the molecule is CCCNc1nccc(N2CCC(COC)C2)n1. The molecule has 1 saturated heterocycles. The van der Waals surface area contributed by atoms with Crippen molar-refractivity contribution in [2.75, 3.05) is 43.6 Å². The highest BCUT2D eigenvalue weighted by molar-refractivity contribution is 5.43. The summed E-state index contributed by atoms with van der Waals surface area (Å²) < 4.78 is 5.22. The van der Waals surface area contributed by atoms with Crippen molar-refractivity contribution in [1.29, 1.82) is 0 Å². The van der Waals surface area contributed by atoms with E-state index >= 15 is 0 Å². The number of nitrogens with one attached hydrogen (secondary N) is 1. The van der Waals surface area contributed by atoms with Crippen LogP contribution in [0.5, 0.6) is 0 Å². The molecular weight excluding hydrogens is 228 g/mol. The second-order valence-electron chi connectivity index (χ2n) is 4.72. The van der Waals surface area contributed by atoms with Gasteiger partial charge in [-0.3, -0.25) is 0 Å². The molecule has 1 aromatic heterocycles. The first kappa shape index (κ1) is 13.1. The van der Waals surface area contributed by atoms with Crippen molar-refractivity contribution in [3.63, 3.8) is 0 Å². The molecule has 1 aliphatic heterocycles. The summed E-state index contributed by atoms with van der Waals surface area (Å²) >= 11 is 0. The van der Waals surface area contributed by atoms with E-state index in [4.69, 9.17) is 4.74 Å². The van der Waals surface area contributed by atoms with Crippen LogP contribution in [0.2, 0.25) is 0 Å². The fourth-order valence-electron chi connectivity index (χ4n) is 2.26. The highest BCUT2D eigenvalue weighted by atomic mass is 16.5. The van der Waals surface area contributed by atoms with E-state index in [1.54, 1.807) is 7.11 Å². The maximum absolute atomic E-state index is 5.22. The largest absolute Gasteiger partial charge is 0.384 e. The molecule has 0 saturated carbocycles. The van der Waals surface area contributed by atoms with E-state index < -0.39 is 0 Å². The van der Waals surface area contributed by atoms with E-state index in [0.717, 1.165) is 44.4 Å². The van der Waals surface area contributed by atoms with Gasteiger partial charge < -0.3 is 15.0 Å². The first-order valence-electron chi connectivity index (χ1n) is 6.64. The Morgan fingerprint density at radius 2 is 2.44 bits per heavy atom. The molecule has 5 heteroatoms. The molecule has 2 rings (SSSR count). The van der Waals surface area contributed by atoms with Gasteiger partial charge in [0.05, 0.1) is 6.61 Å². The number of nitrogens with zero attached hydrogens (tertiary/aromatic N) is 3. The van der Waals surface area contributed by atoms with Gasteiger partial charge in [-0.15, -0.1) is 0 Å². The number of hydrogen-bond acceptors (Lipinski definition) is 5. The number of ether oxygens (including phenoxy) is 1. The van der Waals surface area contributed by atoms with Gasteiger partial charge in [-0.2, -0.15) is 4.98 Å². The van der Waals surface area contributed by atoms with Gasteiger partial charge in [0, 0.05) is 38.9 Å². The minimum Gasteiger partial charge on any atom is -0.384 e. The summed E-state index contributed by atoms with van der Waals surface area (Å²) in [4.78, 5) is 11.1. The Kier molecular flexibility index (Phi) is 4.75. The summed E-state index contributed by atoms with van der Waals surface area (Å²) in [6, 6.07) is 1.98. The van der Waals surface area contributed by atoms with E-state index in [1.807, 2.05) is 12.3 Å². The van der Waals surface area contributed by atoms with Crippen LogP contribution in [0.15, 0.2) is 12.3 Å². The minimum absolute atomic E-state index is 0.622. The van der Waals surface area contributed by atoms with Gasteiger partial charge in [-0.25, -0.2) is 4.98 Å². The zero-order chi connectivity index (χ0) is 12.8. The highest BCUT2D eigenvalue weighted by Gasteiger charge is 2.23. The number of rotatable bonds is 6. The van der Waals surface area contributed by atoms with Crippen molar-refractivity contribution in [3.05, 3.63) is 12.3 Å². The Labute approximate surface area is 109 Å². The lowest BCUT2D eigenvalue weighted by atomic mass is 10.1. The Hall–Kier alpha value is -1.36. The van der Waals surface area contributed by atoms with Crippen molar-refractivity contribution in [1.82, 2.24) is 9.97 Å². The minimum atomic E-state index is 0.622. The van der Waals surface area contributed by atoms with E-state index in [9.17, 15) is 0 Å². The van der Waals surface area contributed by atoms with Crippen LogP contribution >= 0.6 is 0 Å². The fourth-order valence-corrected chi connectivity index (χ4v) is 2.26. The van der Waals surface area contributed by atoms with Crippen LogP contribution in [0.25, 0.3) is 0 Å². The average Bonchev–Trinajstić information content (AvgIpc) is 2.86. The normalized spacial score (nSPS) is 19.2. The maximum Gasteiger partial charge on any atom is 0.224 e. The molecule has 0 bridgehead atoms. The van der Waals surface area contributed by atoms with Gasteiger partial charge in [0.2, 0.25) is 5.95 Å². The van der Waals surface area contributed by atoms with Crippen LogP contribution in [0, 0.1) is 5.92 Å². The third-order valence-electron chi connectivity index (χ3n) is 3.19. The third-order valence-corrected chi connectivity index (χ3v) is 3.19. The Morgan fingerprint density at radius 1 is 1.56 bits per heavy atom. The average molecular weight is 250 g/mol. The lowest BCUT2D eigenvalue weighted by Gasteiger charge is -2.17. The van der Waals surface area contributed by atoms with Crippen LogP contribution in [0.4, 0.5) is 11.8 Å². The maximum atomic E-state index is 5.22. The van der Waals surface area contributed by atoms with Crippen LogP contribution < -0.4 is 10.2 Å². The lowest BCUT2D eigenvalue weighted by Crippen LogP contribution is -2.22. The lowest BCUT2D eigenvalue weighted by molar-refractivity contribution is 0.161. The molecule has 5 nitrogen and oxygen atoms in total. The molecule has 1 unspecified atom stereocenters. The molecule has 0 amide bonds. The summed E-state index contributed by atoms with van der Waals surface area (Å²) in [5.41, 5.74) is 0. The molecule has 0 radical (unpaired) electrons. The van der Waals surface area contributed by atoms with Gasteiger partial charge in [-0.05, 0) is 18.9 Å². The zero-order valence-corrected chi connectivity index (χ0v) is 11.2. The van der Waals surface area contributed by atoms with Crippen molar-refractivity contribution in [2.45, 2.75) is 19.8 Å². The molecule has 0 aliphatic carbocycles. The first-order chi connectivity index (χ1) is 8.83. The van der Waals surface area contributed by atoms with E-state index in [-0.39, 0.29) is 0 Å². The predicted molar refractivity (Wildman–Crippen MR) is 73.0 cm³/mol. The summed E-state index contributed by atoms with van der Waals surface area (Å²) in [5, 5.41) is 3.22. The molecule has 0 aromatic carbocycles. The van der Waals surface area contributed by atoms with E-state index in [1.165, 1.54) is 6.42 Å². The van der Waals surface area contributed by atoms with Crippen molar-refractivity contribution in [3.8, 4) is 0 Å². The van der Waals surface area contributed by atoms with Gasteiger partial charge >= 0.3 is 0 Å². The highest BCUT2D eigenvalue weighted by Crippen LogP contribution is 2.22. The summed E-state index contributed by atoms with van der Waals surface area (Å²) in [7, 11) is 1.76. The molecule has 18 heavy (non-hydrogen) atoms. The van der Waals surface area contributed by atoms with Gasteiger partial charge in [0.1, 0.15) is 5.82 Å². The molecule has 100 valence electrons. The molecule has 0 spiro atoms. The Bertz CT molecular complexity index is 372. The molecule has 2 heterocycles. The quantitative estimate of drug-likeness (QED) is 0.834. The van der Waals surface area contributed by atoms with Crippen molar-refractivity contribution < 1.29 is 4.74 Å². The zero-order valence-electron chi connectivity index (χ0n) is 11.2. The number of methoxy groups -OCH3 is 1. The summed E-state index contributed by atoms with van der Waals surface area (Å²) in [5.74, 6) is 2.36. The summed E-state index contributed by atoms with van der Waals surface area (Å²) in [6.07, 6.45) is 4.08. The molecule has 1 fully saturated rings. The molecule has 1 aromatic rings. The van der Waals surface area contributed by atoms with E-state index in [0.29, 0.717) is 5.92 Å². The van der Waals surface area contributed by atoms with Crippen LogP contribution in [-0.4, -0.2) is 43.3 Å². The van der Waals surface area contributed by atoms with Crippen LogP contribution in [0.1, 0.15) is 19.8 Å². The molecule has 1 atom stereocenters. The van der Waals surface area contributed by atoms with Crippen LogP contribution in [0.3, 0.4) is 0 Å². The third kappa shape index (κ3) is 3.32. The standard InChI is InChI=1S/C13H22N4O/c1-3-6-14-13-15-7-4-12(16-13)17-8-5-11(9-17)10-18-2/h4,7,11H,3,5-6,8-10H2,1-2H3,(H,14,15,16). The van der Waals surface area contributed by atoms with Gasteiger partial charge in [0.25, 0.3) is 0 Å². The van der Waals surface area contributed by atoms with Gasteiger partial charge in [0.15, 0.2) is 0 Å². The smallest absolute Gasteiger partial charge is 0.224 e. The molecule has 1 aliphatic rings. The molecular formula is C13H22N4O. The van der Waals surface area contributed by atoms with E-state index in [2.05, 4.69) is 27.1 Å². The fraction of sp³-hybridized carbons (Fsp3) is 0.692. The second kappa shape index (κ2) is 6.54. The summed E-state index contributed by atoms with van der Waals surface area (Å²) in [6.45, 7) is 5.96. The monoisotopic (exact) mass is 250 g/mol. The Balaban J connectivity index is 1.96. The van der Waals surface area contributed by atoms with Crippen molar-refractivity contribution in [2.24, 2.45) is 5.92 Å². The number of anilines is 2.